The van der Waals surface area contributed by atoms with Gasteiger partial charge in [0.25, 0.3) is 0 Å². The van der Waals surface area contributed by atoms with Gasteiger partial charge in [-0.2, -0.15) is 0 Å². The summed E-state index contributed by atoms with van der Waals surface area (Å²) in [5.41, 5.74) is 2.42. The van der Waals surface area contributed by atoms with E-state index in [1.165, 1.54) is 5.56 Å². The molecule has 84 valence electrons. The average molecular weight is 240 g/mol. The van der Waals surface area contributed by atoms with E-state index in [9.17, 15) is 0 Å². The standard InChI is InChI=1S/C14H12N2S/c1-2-4-11(5-3-1)8-13-10-16-14-12(9-15-13)6-7-17-14/h1-7,9-10,13H,8H2. The molecule has 1 aliphatic rings. The lowest BCUT2D eigenvalue weighted by molar-refractivity contribution is 0.872. The highest BCUT2D eigenvalue weighted by molar-refractivity contribution is 7.14. The first kappa shape index (κ1) is 10.4. The van der Waals surface area contributed by atoms with E-state index in [1.807, 2.05) is 23.9 Å². The van der Waals surface area contributed by atoms with E-state index in [4.69, 9.17) is 0 Å². The van der Waals surface area contributed by atoms with Crippen molar-refractivity contribution in [1.29, 1.82) is 0 Å². The van der Waals surface area contributed by atoms with Gasteiger partial charge in [-0.05, 0) is 23.4 Å². The summed E-state index contributed by atoms with van der Waals surface area (Å²) in [7, 11) is 0. The van der Waals surface area contributed by atoms with E-state index >= 15 is 0 Å². The summed E-state index contributed by atoms with van der Waals surface area (Å²) >= 11 is 1.66. The fourth-order valence-corrected chi connectivity index (χ4v) is 2.57. The molecule has 2 aromatic rings. The third-order valence-electron chi connectivity index (χ3n) is 2.73. The van der Waals surface area contributed by atoms with Crippen LogP contribution >= 0.6 is 11.3 Å². The third kappa shape index (κ3) is 2.34. The highest BCUT2D eigenvalue weighted by atomic mass is 32.1. The van der Waals surface area contributed by atoms with Crippen molar-refractivity contribution in [3.05, 3.63) is 52.9 Å². The number of rotatable bonds is 2. The first-order valence-electron chi connectivity index (χ1n) is 5.60. The molecule has 0 saturated heterocycles. The van der Waals surface area contributed by atoms with Crippen LogP contribution in [0.5, 0.6) is 0 Å². The van der Waals surface area contributed by atoms with Crippen LogP contribution in [0.25, 0.3) is 0 Å². The Morgan fingerprint density at radius 1 is 1.12 bits per heavy atom. The van der Waals surface area contributed by atoms with Crippen LogP contribution in [0.2, 0.25) is 0 Å². The van der Waals surface area contributed by atoms with Gasteiger partial charge in [0.1, 0.15) is 5.00 Å². The molecule has 1 aromatic carbocycles. The molecule has 0 N–H and O–H groups in total. The largest absolute Gasteiger partial charge is 0.283 e. The van der Waals surface area contributed by atoms with Gasteiger partial charge in [-0.1, -0.05) is 30.3 Å². The minimum atomic E-state index is 0.150. The van der Waals surface area contributed by atoms with Crippen LogP contribution in [0.3, 0.4) is 0 Å². The van der Waals surface area contributed by atoms with Crippen molar-refractivity contribution in [2.75, 3.05) is 0 Å². The van der Waals surface area contributed by atoms with Crippen LogP contribution in [-0.2, 0) is 6.42 Å². The zero-order chi connectivity index (χ0) is 11.5. The van der Waals surface area contributed by atoms with Gasteiger partial charge in [-0.3, -0.25) is 4.99 Å². The first-order chi connectivity index (χ1) is 8.42. The number of fused-ring (bicyclic) bond motifs is 1. The summed E-state index contributed by atoms with van der Waals surface area (Å²) in [6, 6.07) is 12.6. The van der Waals surface area contributed by atoms with Crippen LogP contribution in [0.1, 0.15) is 11.1 Å². The highest BCUT2D eigenvalue weighted by Crippen LogP contribution is 2.26. The number of hydrogen-bond donors (Lipinski definition) is 0. The lowest BCUT2D eigenvalue weighted by Gasteiger charge is -2.05. The molecule has 17 heavy (non-hydrogen) atoms. The van der Waals surface area contributed by atoms with Gasteiger partial charge in [0, 0.05) is 18.0 Å². The predicted octanol–water partition coefficient (Wildman–Crippen LogP) is 3.49. The minimum Gasteiger partial charge on any atom is -0.283 e. The SMILES string of the molecule is C1=Nc2sccc2C=NC1Cc1ccccc1. The summed E-state index contributed by atoms with van der Waals surface area (Å²) in [5.74, 6) is 0. The smallest absolute Gasteiger partial charge is 0.124 e. The fraction of sp³-hybridized carbons (Fsp3) is 0.143. The Labute approximate surface area is 104 Å². The Morgan fingerprint density at radius 3 is 2.88 bits per heavy atom. The van der Waals surface area contributed by atoms with Gasteiger partial charge >= 0.3 is 0 Å². The van der Waals surface area contributed by atoms with Crippen molar-refractivity contribution < 1.29 is 0 Å². The van der Waals surface area contributed by atoms with Gasteiger partial charge in [0.2, 0.25) is 0 Å². The molecule has 3 rings (SSSR count). The van der Waals surface area contributed by atoms with Crippen molar-refractivity contribution in [3.8, 4) is 0 Å². The molecule has 0 fully saturated rings. The second-order valence-corrected chi connectivity index (χ2v) is 4.89. The van der Waals surface area contributed by atoms with Crippen LogP contribution < -0.4 is 0 Å². The van der Waals surface area contributed by atoms with Crippen LogP contribution in [0.15, 0.2) is 51.8 Å². The van der Waals surface area contributed by atoms with Crippen LogP contribution in [0, 0.1) is 0 Å². The molecule has 0 radical (unpaired) electrons. The summed E-state index contributed by atoms with van der Waals surface area (Å²) in [6.07, 6.45) is 4.80. The summed E-state index contributed by atoms with van der Waals surface area (Å²) < 4.78 is 0. The molecular formula is C14H12N2S. The van der Waals surface area contributed by atoms with Gasteiger partial charge < -0.3 is 0 Å². The normalized spacial score (nSPS) is 17.8. The minimum absolute atomic E-state index is 0.150. The van der Waals surface area contributed by atoms with E-state index < -0.39 is 0 Å². The molecule has 2 heterocycles. The van der Waals surface area contributed by atoms with Gasteiger partial charge in [-0.25, -0.2) is 4.99 Å². The zero-order valence-corrected chi connectivity index (χ0v) is 10.1. The Balaban J connectivity index is 1.79. The second kappa shape index (κ2) is 4.63. The molecule has 0 aliphatic carbocycles. The number of aliphatic imine (C=N–C) groups is 2. The summed E-state index contributed by atoms with van der Waals surface area (Å²) in [6.45, 7) is 0. The number of benzene rings is 1. The zero-order valence-electron chi connectivity index (χ0n) is 9.28. The van der Waals surface area contributed by atoms with Gasteiger partial charge in [0.15, 0.2) is 0 Å². The lowest BCUT2D eigenvalue weighted by Crippen LogP contribution is -2.09. The number of hydrogen-bond acceptors (Lipinski definition) is 3. The lowest BCUT2D eigenvalue weighted by atomic mass is 10.1. The summed E-state index contributed by atoms with van der Waals surface area (Å²) in [5, 5.41) is 3.11. The van der Waals surface area contributed by atoms with Gasteiger partial charge in [0.05, 0.1) is 6.04 Å². The number of thiophene rings is 1. The highest BCUT2D eigenvalue weighted by Gasteiger charge is 2.09. The van der Waals surface area contributed by atoms with E-state index in [0.717, 1.165) is 17.0 Å². The van der Waals surface area contributed by atoms with Crippen molar-refractivity contribution >= 4 is 28.8 Å². The molecule has 1 unspecified atom stereocenters. The Morgan fingerprint density at radius 2 is 2.00 bits per heavy atom. The average Bonchev–Trinajstić information content (AvgIpc) is 2.74. The molecule has 1 aromatic heterocycles. The van der Waals surface area contributed by atoms with Crippen LogP contribution in [-0.4, -0.2) is 18.5 Å². The molecule has 3 heteroatoms. The second-order valence-electron chi connectivity index (χ2n) is 3.99. The monoisotopic (exact) mass is 240 g/mol. The van der Waals surface area contributed by atoms with E-state index in [1.54, 1.807) is 11.3 Å². The topological polar surface area (TPSA) is 24.7 Å². The molecule has 0 bridgehead atoms. The van der Waals surface area contributed by atoms with E-state index in [-0.39, 0.29) is 6.04 Å². The Hall–Kier alpha value is -1.74. The number of nitrogens with zero attached hydrogens (tertiary/aromatic N) is 2. The maximum Gasteiger partial charge on any atom is 0.124 e. The van der Waals surface area contributed by atoms with Crippen LogP contribution in [0.4, 0.5) is 5.00 Å². The Kier molecular flexibility index (Phi) is 2.84. The van der Waals surface area contributed by atoms with E-state index in [2.05, 4.69) is 40.3 Å². The van der Waals surface area contributed by atoms with Crippen molar-refractivity contribution in [2.45, 2.75) is 12.5 Å². The maximum atomic E-state index is 4.56. The summed E-state index contributed by atoms with van der Waals surface area (Å²) in [4.78, 5) is 9.06. The molecule has 0 saturated carbocycles. The fourth-order valence-electron chi connectivity index (χ4n) is 1.84. The molecule has 0 amide bonds. The molecule has 0 spiro atoms. The quantitative estimate of drug-likeness (QED) is 0.767. The molecule has 1 atom stereocenters. The maximum absolute atomic E-state index is 4.56. The van der Waals surface area contributed by atoms with Gasteiger partial charge in [-0.15, -0.1) is 11.3 Å². The molecule has 1 aliphatic heterocycles. The third-order valence-corrected chi connectivity index (χ3v) is 3.57. The van der Waals surface area contributed by atoms with Crippen molar-refractivity contribution in [1.82, 2.24) is 0 Å². The predicted molar refractivity (Wildman–Crippen MR) is 74.0 cm³/mol. The van der Waals surface area contributed by atoms with Crippen molar-refractivity contribution in [3.63, 3.8) is 0 Å². The molecule has 2 nitrogen and oxygen atoms in total. The van der Waals surface area contributed by atoms with E-state index in [0.29, 0.717) is 0 Å². The molecular weight excluding hydrogens is 228 g/mol. The Bertz CT molecular complexity index is 526. The first-order valence-corrected chi connectivity index (χ1v) is 6.48. The van der Waals surface area contributed by atoms with Crippen molar-refractivity contribution in [2.24, 2.45) is 9.98 Å².